The number of aryl methyl sites for hydroxylation is 1. The summed E-state index contributed by atoms with van der Waals surface area (Å²) in [7, 11) is 3.59. The molecule has 2 rings (SSSR count). The average molecular weight is 304 g/mol. The topological polar surface area (TPSA) is 50.4 Å². The molecule has 1 aromatic rings. The van der Waals surface area contributed by atoms with E-state index in [1.165, 1.54) is 0 Å². The summed E-state index contributed by atoms with van der Waals surface area (Å²) in [6, 6.07) is 6.46. The highest BCUT2D eigenvalue weighted by Gasteiger charge is 2.42. The lowest BCUT2D eigenvalue weighted by Gasteiger charge is -2.29. The second kappa shape index (κ2) is 7.14. The Morgan fingerprint density at radius 1 is 1.36 bits per heavy atom. The van der Waals surface area contributed by atoms with Crippen molar-refractivity contribution in [1.82, 2.24) is 10.6 Å². The number of amides is 1. The van der Waals surface area contributed by atoms with Gasteiger partial charge in [-0.05, 0) is 50.9 Å². The molecule has 4 nitrogen and oxygen atoms in total. The number of carbonyl (C=O) groups excluding carboxylic acids is 1. The summed E-state index contributed by atoms with van der Waals surface area (Å²) in [4.78, 5) is 12.9. The van der Waals surface area contributed by atoms with Gasteiger partial charge in [-0.3, -0.25) is 4.79 Å². The van der Waals surface area contributed by atoms with E-state index in [9.17, 15) is 4.79 Å². The largest absolute Gasteiger partial charge is 0.496 e. The molecule has 0 spiro atoms. The molecule has 2 N–H and O–H groups in total. The highest BCUT2D eigenvalue weighted by atomic mass is 16.5. The molecule has 1 amide bonds. The minimum atomic E-state index is -0.394. The molecule has 1 atom stereocenters. The Bertz CT molecular complexity index is 522. The maximum atomic E-state index is 12.9. The highest BCUT2D eigenvalue weighted by molar-refractivity contribution is 5.88. The van der Waals surface area contributed by atoms with Crippen LogP contribution < -0.4 is 15.4 Å². The van der Waals surface area contributed by atoms with Gasteiger partial charge in [-0.1, -0.05) is 25.0 Å². The SMILES string of the molecule is CNC(C)CNC(=O)C1(c2ccc(C)c(OC)c2)CCCC1. The molecule has 22 heavy (non-hydrogen) atoms. The van der Waals surface area contributed by atoms with Crippen molar-refractivity contribution in [3.63, 3.8) is 0 Å². The van der Waals surface area contributed by atoms with E-state index in [0.717, 1.165) is 42.6 Å². The third kappa shape index (κ3) is 3.27. The van der Waals surface area contributed by atoms with Crippen molar-refractivity contribution in [2.24, 2.45) is 0 Å². The fourth-order valence-electron chi connectivity index (χ4n) is 3.26. The smallest absolute Gasteiger partial charge is 0.230 e. The summed E-state index contributed by atoms with van der Waals surface area (Å²) in [6.45, 7) is 4.75. The van der Waals surface area contributed by atoms with E-state index in [2.05, 4.69) is 29.7 Å². The summed E-state index contributed by atoms with van der Waals surface area (Å²) < 4.78 is 5.44. The lowest BCUT2D eigenvalue weighted by molar-refractivity contribution is -0.126. The Morgan fingerprint density at radius 3 is 2.64 bits per heavy atom. The predicted molar refractivity (Wildman–Crippen MR) is 89.4 cm³/mol. The Hall–Kier alpha value is -1.55. The molecule has 1 aliphatic rings. The molecule has 0 bridgehead atoms. The van der Waals surface area contributed by atoms with E-state index >= 15 is 0 Å². The maximum absolute atomic E-state index is 12.9. The van der Waals surface area contributed by atoms with Crippen LogP contribution in [0.25, 0.3) is 0 Å². The zero-order valence-electron chi connectivity index (χ0n) is 14.2. The van der Waals surface area contributed by atoms with E-state index in [1.807, 2.05) is 20.0 Å². The van der Waals surface area contributed by atoms with Gasteiger partial charge in [0, 0.05) is 12.6 Å². The van der Waals surface area contributed by atoms with Crippen molar-refractivity contribution in [1.29, 1.82) is 0 Å². The third-order valence-electron chi connectivity index (χ3n) is 4.91. The van der Waals surface area contributed by atoms with Gasteiger partial charge in [0.15, 0.2) is 0 Å². The summed E-state index contributed by atoms with van der Waals surface area (Å²) in [5.41, 5.74) is 1.79. The molecule has 0 radical (unpaired) electrons. The lowest BCUT2D eigenvalue weighted by atomic mass is 9.77. The normalized spacial score (nSPS) is 18.0. The van der Waals surface area contributed by atoms with Crippen LogP contribution in [-0.4, -0.2) is 32.7 Å². The predicted octanol–water partition coefficient (Wildman–Crippen LogP) is 2.54. The summed E-state index contributed by atoms with van der Waals surface area (Å²) in [5, 5.41) is 6.28. The second-order valence-electron chi connectivity index (χ2n) is 6.37. The standard InChI is InChI=1S/C18H28N2O2/c1-13-7-8-15(11-16(13)22-4)18(9-5-6-10-18)17(21)20-12-14(2)19-3/h7-8,11,14,19H,5-6,9-10,12H2,1-4H3,(H,20,21). The van der Waals surface area contributed by atoms with Crippen LogP contribution in [-0.2, 0) is 10.2 Å². The van der Waals surface area contributed by atoms with Crippen LogP contribution >= 0.6 is 0 Å². The van der Waals surface area contributed by atoms with E-state index in [1.54, 1.807) is 7.11 Å². The van der Waals surface area contributed by atoms with Crippen molar-refractivity contribution in [3.8, 4) is 5.75 Å². The maximum Gasteiger partial charge on any atom is 0.230 e. The summed E-state index contributed by atoms with van der Waals surface area (Å²) >= 11 is 0. The van der Waals surface area contributed by atoms with Crippen molar-refractivity contribution < 1.29 is 9.53 Å². The second-order valence-corrected chi connectivity index (χ2v) is 6.37. The van der Waals surface area contributed by atoms with Gasteiger partial charge >= 0.3 is 0 Å². The van der Waals surface area contributed by atoms with Gasteiger partial charge in [-0.25, -0.2) is 0 Å². The zero-order chi connectivity index (χ0) is 16.2. The molecule has 1 aromatic carbocycles. The van der Waals surface area contributed by atoms with E-state index in [0.29, 0.717) is 6.54 Å². The quantitative estimate of drug-likeness (QED) is 0.849. The van der Waals surface area contributed by atoms with Crippen LogP contribution in [0, 0.1) is 6.92 Å². The van der Waals surface area contributed by atoms with Gasteiger partial charge in [-0.2, -0.15) is 0 Å². The van der Waals surface area contributed by atoms with Crippen LogP contribution in [0.15, 0.2) is 18.2 Å². The number of methoxy groups -OCH3 is 1. The highest BCUT2D eigenvalue weighted by Crippen LogP contribution is 2.42. The number of benzene rings is 1. The van der Waals surface area contributed by atoms with Gasteiger partial charge in [0.05, 0.1) is 12.5 Å². The molecular weight excluding hydrogens is 276 g/mol. The molecule has 0 aliphatic heterocycles. The number of hydrogen-bond acceptors (Lipinski definition) is 3. The van der Waals surface area contributed by atoms with Crippen LogP contribution in [0.1, 0.15) is 43.7 Å². The summed E-state index contributed by atoms with van der Waals surface area (Å²) in [6.07, 6.45) is 4.04. The molecule has 0 saturated heterocycles. The number of nitrogens with one attached hydrogen (secondary N) is 2. The average Bonchev–Trinajstić information content (AvgIpc) is 3.03. The first-order valence-corrected chi connectivity index (χ1v) is 8.14. The fourth-order valence-corrected chi connectivity index (χ4v) is 3.26. The van der Waals surface area contributed by atoms with Gasteiger partial charge < -0.3 is 15.4 Å². The van der Waals surface area contributed by atoms with E-state index in [4.69, 9.17) is 4.74 Å². The number of likely N-dealkylation sites (N-methyl/N-ethyl adjacent to an activating group) is 1. The minimum absolute atomic E-state index is 0.151. The first-order chi connectivity index (χ1) is 10.5. The molecule has 1 aliphatic carbocycles. The van der Waals surface area contributed by atoms with Crippen molar-refractivity contribution in [2.75, 3.05) is 20.7 Å². The lowest BCUT2D eigenvalue weighted by Crippen LogP contribution is -2.46. The first-order valence-electron chi connectivity index (χ1n) is 8.14. The molecule has 1 unspecified atom stereocenters. The Balaban J connectivity index is 2.26. The van der Waals surface area contributed by atoms with Gasteiger partial charge in [0.25, 0.3) is 0 Å². The van der Waals surface area contributed by atoms with Crippen molar-refractivity contribution >= 4 is 5.91 Å². The van der Waals surface area contributed by atoms with Crippen LogP contribution in [0.5, 0.6) is 5.75 Å². The van der Waals surface area contributed by atoms with Gasteiger partial charge in [-0.15, -0.1) is 0 Å². The molecular formula is C18H28N2O2. The molecule has 0 heterocycles. The summed E-state index contributed by atoms with van der Waals surface area (Å²) in [5.74, 6) is 1.01. The zero-order valence-corrected chi connectivity index (χ0v) is 14.2. The molecule has 4 heteroatoms. The molecule has 122 valence electrons. The monoisotopic (exact) mass is 304 g/mol. The first kappa shape index (κ1) is 16.8. The van der Waals surface area contributed by atoms with Crippen molar-refractivity contribution in [3.05, 3.63) is 29.3 Å². The van der Waals surface area contributed by atoms with E-state index in [-0.39, 0.29) is 11.9 Å². The number of rotatable bonds is 6. The Morgan fingerprint density at radius 2 is 2.05 bits per heavy atom. The fraction of sp³-hybridized carbons (Fsp3) is 0.611. The minimum Gasteiger partial charge on any atom is -0.496 e. The molecule has 0 aromatic heterocycles. The Kier molecular flexibility index (Phi) is 5.46. The number of carbonyl (C=O) groups is 1. The molecule has 1 fully saturated rings. The Labute approximate surface area is 133 Å². The van der Waals surface area contributed by atoms with Crippen LogP contribution in [0.4, 0.5) is 0 Å². The van der Waals surface area contributed by atoms with Gasteiger partial charge in [0.1, 0.15) is 5.75 Å². The van der Waals surface area contributed by atoms with Crippen molar-refractivity contribution in [2.45, 2.75) is 51.0 Å². The van der Waals surface area contributed by atoms with E-state index < -0.39 is 5.41 Å². The van der Waals surface area contributed by atoms with Crippen LogP contribution in [0.2, 0.25) is 0 Å². The van der Waals surface area contributed by atoms with Gasteiger partial charge in [0.2, 0.25) is 5.91 Å². The number of hydrogen-bond donors (Lipinski definition) is 2. The third-order valence-corrected chi connectivity index (χ3v) is 4.91. The molecule has 1 saturated carbocycles. The van der Waals surface area contributed by atoms with Crippen LogP contribution in [0.3, 0.4) is 0 Å². The number of ether oxygens (including phenoxy) is 1.